The van der Waals surface area contributed by atoms with Gasteiger partial charge in [-0.3, -0.25) is 9.10 Å². The predicted molar refractivity (Wildman–Crippen MR) is 128 cm³/mol. The lowest BCUT2D eigenvalue weighted by Crippen LogP contribution is -2.41. The summed E-state index contributed by atoms with van der Waals surface area (Å²) in [5.74, 6) is -0.295. The van der Waals surface area contributed by atoms with Gasteiger partial charge in [0.1, 0.15) is 6.54 Å². The van der Waals surface area contributed by atoms with E-state index in [9.17, 15) is 13.2 Å². The number of likely N-dealkylation sites (N-methyl/N-ethyl adjacent to an activating group) is 1. The van der Waals surface area contributed by atoms with Crippen LogP contribution in [0.4, 0.5) is 5.69 Å². The summed E-state index contributed by atoms with van der Waals surface area (Å²) in [5.41, 5.74) is 3.51. The number of rotatable bonds is 7. The SMILES string of the molecule is Cc1ccc(CN(C)C(=O)CN(c2cccc(Br)c2)S(=O)(=O)c2ccc(C)cc2)cc1. The molecule has 0 aliphatic heterocycles. The highest BCUT2D eigenvalue weighted by molar-refractivity contribution is 9.10. The summed E-state index contributed by atoms with van der Waals surface area (Å²) in [6.45, 7) is 4.00. The van der Waals surface area contributed by atoms with Crippen LogP contribution in [0.25, 0.3) is 0 Å². The van der Waals surface area contributed by atoms with Crippen molar-refractivity contribution in [1.29, 1.82) is 0 Å². The molecule has 0 unspecified atom stereocenters. The molecule has 1 amide bonds. The molecular formula is C24H25BrN2O3S. The standard InChI is InChI=1S/C24H25BrN2O3S/c1-18-7-11-20(12-8-18)16-26(3)24(28)17-27(22-6-4-5-21(25)15-22)31(29,30)23-13-9-19(2)10-14-23/h4-15H,16-17H2,1-3H3. The Morgan fingerprint density at radius 2 is 1.48 bits per heavy atom. The van der Waals surface area contributed by atoms with Crippen molar-refractivity contribution in [1.82, 2.24) is 4.90 Å². The highest BCUT2D eigenvalue weighted by atomic mass is 79.9. The molecule has 0 saturated carbocycles. The van der Waals surface area contributed by atoms with Gasteiger partial charge in [-0.25, -0.2) is 8.42 Å². The molecule has 162 valence electrons. The molecule has 0 saturated heterocycles. The van der Waals surface area contributed by atoms with Crippen LogP contribution in [-0.2, 0) is 21.4 Å². The maximum Gasteiger partial charge on any atom is 0.264 e. The first-order valence-corrected chi connectivity index (χ1v) is 12.0. The molecule has 0 radical (unpaired) electrons. The van der Waals surface area contributed by atoms with E-state index in [1.165, 1.54) is 0 Å². The number of sulfonamides is 1. The largest absolute Gasteiger partial charge is 0.340 e. The average Bonchev–Trinajstić information content (AvgIpc) is 2.73. The van der Waals surface area contributed by atoms with Gasteiger partial charge in [-0.1, -0.05) is 69.5 Å². The molecule has 0 spiro atoms. The molecule has 5 nitrogen and oxygen atoms in total. The summed E-state index contributed by atoms with van der Waals surface area (Å²) in [6, 6.07) is 21.5. The molecule has 0 N–H and O–H groups in total. The Kier molecular flexibility index (Phi) is 7.18. The lowest BCUT2D eigenvalue weighted by molar-refractivity contribution is -0.128. The second-order valence-corrected chi connectivity index (χ2v) is 10.3. The molecule has 31 heavy (non-hydrogen) atoms. The number of aryl methyl sites for hydroxylation is 2. The van der Waals surface area contributed by atoms with Crippen molar-refractivity contribution < 1.29 is 13.2 Å². The summed E-state index contributed by atoms with van der Waals surface area (Å²) in [6.07, 6.45) is 0. The van der Waals surface area contributed by atoms with E-state index in [2.05, 4.69) is 15.9 Å². The number of hydrogen-bond donors (Lipinski definition) is 0. The summed E-state index contributed by atoms with van der Waals surface area (Å²) >= 11 is 3.39. The van der Waals surface area contributed by atoms with Crippen LogP contribution in [0.2, 0.25) is 0 Å². The second kappa shape index (κ2) is 9.66. The maximum absolute atomic E-state index is 13.4. The number of carbonyl (C=O) groups excluding carboxylic acids is 1. The second-order valence-electron chi connectivity index (χ2n) is 7.54. The van der Waals surface area contributed by atoms with E-state index in [1.54, 1.807) is 54.4 Å². The van der Waals surface area contributed by atoms with Gasteiger partial charge in [0, 0.05) is 18.1 Å². The Balaban J connectivity index is 1.90. The smallest absolute Gasteiger partial charge is 0.264 e. The third-order valence-corrected chi connectivity index (χ3v) is 7.23. The van der Waals surface area contributed by atoms with Crippen molar-refractivity contribution in [2.45, 2.75) is 25.3 Å². The van der Waals surface area contributed by atoms with E-state index in [0.29, 0.717) is 12.2 Å². The number of nitrogens with zero attached hydrogens (tertiary/aromatic N) is 2. The topological polar surface area (TPSA) is 57.7 Å². The lowest BCUT2D eigenvalue weighted by Gasteiger charge is -2.27. The van der Waals surface area contributed by atoms with Crippen molar-refractivity contribution in [3.63, 3.8) is 0 Å². The normalized spacial score (nSPS) is 11.2. The average molecular weight is 501 g/mol. The Morgan fingerprint density at radius 1 is 0.903 bits per heavy atom. The fourth-order valence-electron chi connectivity index (χ4n) is 3.08. The van der Waals surface area contributed by atoms with Crippen molar-refractivity contribution in [2.24, 2.45) is 0 Å². The molecule has 0 heterocycles. The van der Waals surface area contributed by atoms with Crippen LogP contribution in [0.15, 0.2) is 82.2 Å². The minimum atomic E-state index is -3.93. The van der Waals surface area contributed by atoms with Gasteiger partial charge >= 0.3 is 0 Å². The van der Waals surface area contributed by atoms with E-state index >= 15 is 0 Å². The van der Waals surface area contributed by atoms with Gasteiger partial charge in [0.15, 0.2) is 0 Å². The highest BCUT2D eigenvalue weighted by Gasteiger charge is 2.28. The van der Waals surface area contributed by atoms with Gasteiger partial charge in [-0.05, 0) is 49.7 Å². The fourth-order valence-corrected chi connectivity index (χ4v) is 4.88. The Hall–Kier alpha value is -2.64. The number of amides is 1. The first-order valence-electron chi connectivity index (χ1n) is 9.81. The number of halogens is 1. The quantitative estimate of drug-likeness (QED) is 0.462. The Labute approximate surface area is 192 Å². The molecule has 7 heteroatoms. The van der Waals surface area contributed by atoms with Crippen molar-refractivity contribution in [3.8, 4) is 0 Å². The summed E-state index contributed by atoms with van der Waals surface area (Å²) < 4.78 is 28.8. The van der Waals surface area contributed by atoms with Crippen molar-refractivity contribution in [3.05, 3.63) is 94.0 Å². The molecule has 0 aromatic heterocycles. The van der Waals surface area contributed by atoms with E-state index in [4.69, 9.17) is 0 Å². The summed E-state index contributed by atoms with van der Waals surface area (Å²) in [5, 5.41) is 0. The van der Waals surface area contributed by atoms with Gasteiger partial charge in [0.05, 0.1) is 10.6 Å². The molecule has 3 aromatic carbocycles. The van der Waals surface area contributed by atoms with Gasteiger partial charge in [-0.2, -0.15) is 0 Å². The number of hydrogen-bond acceptors (Lipinski definition) is 3. The molecule has 0 bridgehead atoms. The van der Waals surface area contributed by atoms with E-state index < -0.39 is 10.0 Å². The monoisotopic (exact) mass is 500 g/mol. The zero-order chi connectivity index (χ0) is 22.6. The fraction of sp³-hybridized carbons (Fsp3) is 0.208. The summed E-state index contributed by atoms with van der Waals surface area (Å²) in [4.78, 5) is 14.7. The van der Waals surface area contributed by atoms with Gasteiger partial charge < -0.3 is 4.90 Å². The third kappa shape index (κ3) is 5.74. The molecule has 0 fully saturated rings. The molecule has 0 atom stereocenters. The highest BCUT2D eigenvalue weighted by Crippen LogP contribution is 2.26. The number of anilines is 1. The number of benzene rings is 3. The Morgan fingerprint density at radius 3 is 2.06 bits per heavy atom. The zero-order valence-electron chi connectivity index (χ0n) is 17.7. The van der Waals surface area contributed by atoms with Crippen LogP contribution < -0.4 is 4.31 Å². The first-order chi connectivity index (χ1) is 14.7. The maximum atomic E-state index is 13.4. The zero-order valence-corrected chi connectivity index (χ0v) is 20.2. The van der Waals surface area contributed by atoms with Crippen LogP contribution in [0, 0.1) is 13.8 Å². The van der Waals surface area contributed by atoms with Crippen molar-refractivity contribution >= 4 is 37.5 Å². The Bertz CT molecular complexity index is 1160. The third-order valence-electron chi connectivity index (χ3n) is 4.95. The molecular weight excluding hydrogens is 476 g/mol. The molecule has 0 aliphatic carbocycles. The summed E-state index contributed by atoms with van der Waals surface area (Å²) in [7, 11) is -2.25. The number of carbonyl (C=O) groups is 1. The van der Waals surface area contributed by atoms with Gasteiger partial charge in [0.25, 0.3) is 10.0 Å². The first kappa shape index (κ1) is 23.0. The van der Waals surface area contributed by atoms with Gasteiger partial charge in [-0.15, -0.1) is 0 Å². The van der Waals surface area contributed by atoms with Crippen LogP contribution in [0.3, 0.4) is 0 Å². The molecule has 0 aliphatic rings. The lowest BCUT2D eigenvalue weighted by atomic mass is 10.1. The van der Waals surface area contributed by atoms with Crippen molar-refractivity contribution in [2.75, 3.05) is 17.9 Å². The van der Waals surface area contributed by atoms with Gasteiger partial charge in [0.2, 0.25) is 5.91 Å². The van der Waals surface area contributed by atoms with E-state index in [1.807, 2.05) is 44.2 Å². The van der Waals surface area contributed by atoms with Crippen LogP contribution in [0.5, 0.6) is 0 Å². The minimum Gasteiger partial charge on any atom is -0.340 e. The molecule has 3 rings (SSSR count). The predicted octanol–water partition coefficient (Wildman–Crippen LogP) is 4.92. The minimum absolute atomic E-state index is 0.145. The van der Waals surface area contributed by atoms with E-state index in [0.717, 1.165) is 25.5 Å². The van der Waals surface area contributed by atoms with Crippen LogP contribution >= 0.6 is 15.9 Å². The van der Waals surface area contributed by atoms with Crippen LogP contribution in [-0.4, -0.2) is 32.8 Å². The molecule has 3 aromatic rings. The van der Waals surface area contributed by atoms with E-state index in [-0.39, 0.29) is 17.3 Å². The van der Waals surface area contributed by atoms with Crippen LogP contribution in [0.1, 0.15) is 16.7 Å².